The first-order valence-electron chi connectivity index (χ1n) is 4.66. The van der Waals surface area contributed by atoms with Gasteiger partial charge in [-0.05, 0) is 18.2 Å². The molecule has 0 amide bonds. The van der Waals surface area contributed by atoms with E-state index in [9.17, 15) is 9.18 Å². The number of carboxylic acid groups (broad SMARTS) is 1. The van der Waals surface area contributed by atoms with Gasteiger partial charge in [-0.2, -0.15) is 0 Å². The van der Waals surface area contributed by atoms with Crippen LogP contribution in [-0.4, -0.2) is 31.4 Å². The number of hydrogen-bond acceptors (Lipinski definition) is 3. The Labute approximate surface area is 92.6 Å². The number of carboxylic acids is 1. The summed E-state index contributed by atoms with van der Waals surface area (Å²) >= 11 is 0. The first-order chi connectivity index (χ1) is 7.58. The standard InChI is InChI=1S/C11H13FO4/c1-15-9-4-3-8(12)5-7(9)6-10(16-2)11(13)14/h3-5,10H,6H2,1-2H3,(H,13,14). The number of methoxy groups -OCH3 is 2. The topological polar surface area (TPSA) is 55.8 Å². The van der Waals surface area contributed by atoms with Crippen LogP contribution < -0.4 is 4.74 Å². The predicted octanol–water partition coefficient (Wildman–Crippen LogP) is 1.48. The average Bonchev–Trinajstić information content (AvgIpc) is 2.25. The van der Waals surface area contributed by atoms with E-state index in [0.717, 1.165) is 0 Å². The minimum atomic E-state index is -1.09. The molecule has 0 saturated carbocycles. The number of hydrogen-bond donors (Lipinski definition) is 1. The molecule has 0 aliphatic heterocycles. The average molecular weight is 228 g/mol. The summed E-state index contributed by atoms with van der Waals surface area (Å²) in [4.78, 5) is 10.8. The number of aliphatic carboxylic acids is 1. The zero-order valence-electron chi connectivity index (χ0n) is 9.07. The van der Waals surface area contributed by atoms with Crippen molar-refractivity contribution in [1.29, 1.82) is 0 Å². The van der Waals surface area contributed by atoms with Crippen molar-refractivity contribution in [2.75, 3.05) is 14.2 Å². The molecule has 5 heteroatoms. The van der Waals surface area contributed by atoms with Gasteiger partial charge in [-0.25, -0.2) is 9.18 Å². The van der Waals surface area contributed by atoms with E-state index in [1.54, 1.807) is 0 Å². The minimum absolute atomic E-state index is 0.0623. The normalized spacial score (nSPS) is 12.2. The fourth-order valence-corrected chi connectivity index (χ4v) is 1.38. The van der Waals surface area contributed by atoms with Crippen LogP contribution in [0.5, 0.6) is 5.75 Å². The van der Waals surface area contributed by atoms with E-state index in [1.165, 1.54) is 32.4 Å². The maximum atomic E-state index is 13.0. The highest BCUT2D eigenvalue weighted by molar-refractivity contribution is 5.72. The zero-order valence-corrected chi connectivity index (χ0v) is 9.07. The van der Waals surface area contributed by atoms with Crippen molar-refractivity contribution in [2.45, 2.75) is 12.5 Å². The Morgan fingerprint density at radius 3 is 2.69 bits per heavy atom. The van der Waals surface area contributed by atoms with Gasteiger partial charge in [-0.3, -0.25) is 0 Å². The van der Waals surface area contributed by atoms with Crippen molar-refractivity contribution in [3.63, 3.8) is 0 Å². The Morgan fingerprint density at radius 1 is 1.50 bits per heavy atom. The molecule has 0 spiro atoms. The number of benzene rings is 1. The summed E-state index contributed by atoms with van der Waals surface area (Å²) in [6, 6.07) is 3.96. The van der Waals surface area contributed by atoms with Crippen LogP contribution in [0.25, 0.3) is 0 Å². The molecule has 0 saturated heterocycles. The SMILES string of the molecule is COc1ccc(F)cc1CC(OC)C(=O)O. The Kier molecular flexibility index (Phi) is 4.25. The van der Waals surface area contributed by atoms with Crippen LogP contribution in [0.4, 0.5) is 4.39 Å². The van der Waals surface area contributed by atoms with Gasteiger partial charge in [0.1, 0.15) is 11.6 Å². The van der Waals surface area contributed by atoms with Gasteiger partial charge in [-0.1, -0.05) is 0 Å². The molecule has 0 aliphatic carbocycles. The number of rotatable bonds is 5. The molecule has 0 fully saturated rings. The molecule has 1 N–H and O–H groups in total. The molecule has 1 rings (SSSR count). The van der Waals surface area contributed by atoms with Gasteiger partial charge in [0.05, 0.1) is 7.11 Å². The van der Waals surface area contributed by atoms with Crippen LogP contribution in [0, 0.1) is 5.82 Å². The summed E-state index contributed by atoms with van der Waals surface area (Å²) in [7, 11) is 2.74. The monoisotopic (exact) mass is 228 g/mol. The quantitative estimate of drug-likeness (QED) is 0.829. The molecule has 1 atom stereocenters. The minimum Gasteiger partial charge on any atom is -0.496 e. The third kappa shape index (κ3) is 2.93. The molecule has 16 heavy (non-hydrogen) atoms. The maximum absolute atomic E-state index is 13.0. The third-order valence-electron chi connectivity index (χ3n) is 2.21. The molecule has 0 bridgehead atoms. The predicted molar refractivity (Wildman–Crippen MR) is 55.1 cm³/mol. The second-order valence-corrected chi connectivity index (χ2v) is 3.22. The van der Waals surface area contributed by atoms with Crippen molar-refractivity contribution in [2.24, 2.45) is 0 Å². The van der Waals surface area contributed by atoms with Crippen LogP contribution in [0.3, 0.4) is 0 Å². The van der Waals surface area contributed by atoms with E-state index >= 15 is 0 Å². The lowest BCUT2D eigenvalue weighted by Crippen LogP contribution is -2.25. The number of ether oxygens (including phenoxy) is 2. The zero-order chi connectivity index (χ0) is 12.1. The second-order valence-electron chi connectivity index (χ2n) is 3.22. The Hall–Kier alpha value is -1.62. The largest absolute Gasteiger partial charge is 0.496 e. The molecule has 88 valence electrons. The Bertz CT molecular complexity index is 378. The van der Waals surface area contributed by atoms with Crippen LogP contribution in [0.15, 0.2) is 18.2 Å². The van der Waals surface area contributed by atoms with Crippen LogP contribution >= 0.6 is 0 Å². The second kappa shape index (κ2) is 5.46. The van der Waals surface area contributed by atoms with Crippen molar-refractivity contribution in [3.8, 4) is 5.75 Å². The van der Waals surface area contributed by atoms with Gasteiger partial charge < -0.3 is 14.6 Å². The van der Waals surface area contributed by atoms with Crippen molar-refractivity contribution in [3.05, 3.63) is 29.6 Å². The van der Waals surface area contributed by atoms with Gasteiger partial charge in [0.2, 0.25) is 0 Å². The summed E-state index contributed by atoms with van der Waals surface area (Å²) in [6.45, 7) is 0. The van der Waals surface area contributed by atoms with Gasteiger partial charge >= 0.3 is 5.97 Å². The molecule has 0 aliphatic rings. The van der Waals surface area contributed by atoms with Gasteiger partial charge in [-0.15, -0.1) is 0 Å². The highest BCUT2D eigenvalue weighted by atomic mass is 19.1. The van der Waals surface area contributed by atoms with Crippen LogP contribution in [0.2, 0.25) is 0 Å². The smallest absolute Gasteiger partial charge is 0.333 e. The summed E-state index contributed by atoms with van der Waals surface area (Å²) < 4.78 is 22.8. The summed E-state index contributed by atoms with van der Waals surface area (Å²) in [5.41, 5.74) is 0.469. The fraction of sp³-hybridized carbons (Fsp3) is 0.364. The first kappa shape index (κ1) is 12.4. The Balaban J connectivity index is 2.93. The highest BCUT2D eigenvalue weighted by Gasteiger charge is 2.19. The van der Waals surface area contributed by atoms with Crippen LogP contribution in [0.1, 0.15) is 5.56 Å². The highest BCUT2D eigenvalue weighted by Crippen LogP contribution is 2.21. The van der Waals surface area contributed by atoms with E-state index in [4.69, 9.17) is 14.6 Å². The lowest BCUT2D eigenvalue weighted by Gasteiger charge is -2.13. The number of carbonyl (C=O) groups is 1. The Morgan fingerprint density at radius 2 is 2.19 bits per heavy atom. The van der Waals surface area contributed by atoms with Crippen molar-refractivity contribution in [1.82, 2.24) is 0 Å². The summed E-state index contributed by atoms with van der Waals surface area (Å²) in [5, 5.41) is 8.81. The number of halogens is 1. The van der Waals surface area contributed by atoms with Crippen LogP contribution in [-0.2, 0) is 16.0 Å². The van der Waals surface area contributed by atoms with E-state index < -0.39 is 17.9 Å². The fourth-order valence-electron chi connectivity index (χ4n) is 1.38. The van der Waals surface area contributed by atoms with E-state index in [1.807, 2.05) is 0 Å². The molecule has 1 unspecified atom stereocenters. The van der Waals surface area contributed by atoms with Gasteiger partial charge in [0.25, 0.3) is 0 Å². The molecule has 4 nitrogen and oxygen atoms in total. The molecular weight excluding hydrogens is 215 g/mol. The van der Waals surface area contributed by atoms with Gasteiger partial charge in [0.15, 0.2) is 6.10 Å². The van der Waals surface area contributed by atoms with Gasteiger partial charge in [0, 0.05) is 19.1 Å². The molecule has 0 heterocycles. The lowest BCUT2D eigenvalue weighted by molar-refractivity contribution is -0.148. The lowest BCUT2D eigenvalue weighted by atomic mass is 10.1. The molecule has 0 radical (unpaired) electrons. The summed E-state index contributed by atoms with van der Waals surface area (Å²) in [5.74, 6) is -1.07. The van der Waals surface area contributed by atoms with Crippen molar-refractivity contribution >= 4 is 5.97 Å². The molecule has 0 aromatic heterocycles. The molecular formula is C11H13FO4. The molecule has 1 aromatic rings. The summed E-state index contributed by atoms with van der Waals surface area (Å²) in [6.07, 6.45) is -0.942. The first-order valence-corrected chi connectivity index (χ1v) is 4.66. The maximum Gasteiger partial charge on any atom is 0.333 e. The van der Waals surface area contributed by atoms with E-state index in [2.05, 4.69) is 0 Å². The van der Waals surface area contributed by atoms with E-state index in [-0.39, 0.29) is 6.42 Å². The van der Waals surface area contributed by atoms with Crippen molar-refractivity contribution < 1.29 is 23.8 Å². The van der Waals surface area contributed by atoms with E-state index in [0.29, 0.717) is 11.3 Å². The third-order valence-corrected chi connectivity index (χ3v) is 2.21. The molecule has 1 aromatic carbocycles.